The van der Waals surface area contributed by atoms with Crippen molar-refractivity contribution >= 4 is 101 Å². The molecule has 81 heavy (non-hydrogen) atoms. The zero-order chi connectivity index (χ0) is 56.7. The maximum atomic E-state index is 9.75. The third-order valence-electron chi connectivity index (χ3n) is 9.13. The summed E-state index contributed by atoms with van der Waals surface area (Å²) in [5.74, 6) is 0. The first-order chi connectivity index (χ1) is 36.3. The molecule has 0 aliphatic heterocycles. The van der Waals surface area contributed by atoms with Crippen molar-refractivity contribution in [1.29, 1.82) is 0 Å². The number of hydrogen-bond donors (Lipinski definition) is 0. The molecule has 0 atom stereocenters. The Labute approximate surface area is 511 Å². The van der Waals surface area contributed by atoms with Gasteiger partial charge < -0.3 is 74.5 Å². The van der Waals surface area contributed by atoms with Crippen LogP contribution in [0.5, 0.6) is 0 Å². The Balaban J connectivity index is 0. The van der Waals surface area contributed by atoms with Crippen LogP contribution in [-0.4, -0.2) is 29.0 Å². The number of benzene rings is 9. The van der Waals surface area contributed by atoms with E-state index in [1.165, 1.54) is 47.7 Å². The molecule has 0 fully saturated rings. The van der Waals surface area contributed by atoms with Crippen LogP contribution in [0.25, 0.3) is 0 Å². The van der Waals surface area contributed by atoms with E-state index in [0.29, 0.717) is 0 Å². The Kier molecular flexibility index (Phi) is 40.4. The molecule has 442 valence electrons. The van der Waals surface area contributed by atoms with Crippen LogP contribution in [0.4, 0.5) is 69.1 Å². The molecule has 0 aliphatic rings. The molecule has 0 aromatic heterocycles. The molecule has 0 unspecified atom stereocenters. The molecule has 9 aromatic rings. The first kappa shape index (κ1) is 78.7. The number of rotatable bonds is 9. The summed E-state index contributed by atoms with van der Waals surface area (Å²) in [4.78, 5) is 0. The van der Waals surface area contributed by atoms with Crippen molar-refractivity contribution in [3.63, 3.8) is 0 Å². The second-order valence-electron chi connectivity index (χ2n) is 15.0. The van der Waals surface area contributed by atoms with Crippen LogP contribution in [0.3, 0.4) is 0 Å². The minimum absolute atomic E-state index is 0. The van der Waals surface area contributed by atoms with Crippen molar-refractivity contribution in [1.82, 2.24) is 0 Å². The Morgan fingerprint density at radius 1 is 0.160 bits per heavy atom. The van der Waals surface area contributed by atoms with Gasteiger partial charge in [0.1, 0.15) is 0 Å². The number of halogens is 16. The van der Waals surface area contributed by atoms with Crippen molar-refractivity contribution in [2.45, 2.75) is 0 Å². The van der Waals surface area contributed by atoms with Gasteiger partial charge in [-0.2, -0.15) is 0 Å². The Morgan fingerprint density at radius 3 is 0.284 bits per heavy atom. The summed E-state index contributed by atoms with van der Waals surface area (Å²) in [7, 11) is -25.3. The molecule has 0 heterocycles. The molecule has 0 spiro atoms. The molecule has 1 nitrogen and oxygen atoms in total. The molecule has 0 radical (unpaired) electrons. The third kappa shape index (κ3) is 38.1. The van der Waals surface area contributed by atoms with Gasteiger partial charge in [0.2, 0.25) is 0 Å². The summed E-state index contributed by atoms with van der Waals surface area (Å²) in [5, 5.41) is 12.6. The van der Waals surface area contributed by atoms with Gasteiger partial charge in [0.25, 0.3) is 0 Å². The summed E-state index contributed by atoms with van der Waals surface area (Å²) >= 11 is 0. The van der Waals surface area contributed by atoms with Gasteiger partial charge >= 0.3 is 96.2 Å². The summed E-state index contributed by atoms with van der Waals surface area (Å²) < 4.78 is 156. The van der Waals surface area contributed by atoms with E-state index in [1.54, 1.807) is 0 Å². The van der Waals surface area contributed by atoms with Crippen molar-refractivity contribution in [2.24, 2.45) is 0 Å². The fourth-order valence-electron chi connectivity index (χ4n) is 6.54. The average Bonchev–Trinajstić information content (AvgIpc) is 3.38. The molecular formula is C54H48Au3B4F16OP3. The van der Waals surface area contributed by atoms with Gasteiger partial charge in [-0.05, 0) is 71.5 Å². The van der Waals surface area contributed by atoms with E-state index in [1.807, 2.05) is 0 Å². The quantitative estimate of drug-likeness (QED) is 0.0597. The normalized spacial score (nSPS) is 10.4. The minimum Gasteiger partial charge on any atom is -0.457 e. The zero-order valence-corrected chi connectivity index (χ0v) is 50.8. The fourth-order valence-corrected chi connectivity index (χ4v) is 13.5. The largest absolute Gasteiger partial charge is 1.00 e. The Morgan fingerprint density at radius 2 is 0.222 bits per heavy atom. The first-order valence-electron chi connectivity index (χ1n) is 22.7. The molecule has 9 aromatic carbocycles. The average molecular weight is 1740 g/mol. The molecule has 0 saturated heterocycles. The molecule has 3 N–H and O–H groups in total. The van der Waals surface area contributed by atoms with Gasteiger partial charge in [-0.25, -0.2) is 0 Å². The van der Waals surface area contributed by atoms with E-state index >= 15 is 0 Å². The summed E-state index contributed by atoms with van der Waals surface area (Å²) in [6.07, 6.45) is 0. The molecule has 0 bridgehead atoms. The van der Waals surface area contributed by atoms with Crippen molar-refractivity contribution in [2.75, 3.05) is 0 Å². The van der Waals surface area contributed by atoms with Crippen molar-refractivity contribution < 1.29 is 142 Å². The SMILES string of the molecule is F[B-](F)(F)F.F[B-](F)(F)F.F[B-](F)(F)F.F[B-](F)(F)F.[Au+].[Au+].[Au+].[OH3+].c1ccc(P(c2ccccc2)c2ccccc2)cc1.c1ccc(P(c2ccccc2)c2ccccc2)cc1.c1ccc(P(c2ccccc2)c2ccccc2)cc1. The van der Waals surface area contributed by atoms with Crippen LogP contribution in [0, 0.1) is 0 Å². The van der Waals surface area contributed by atoms with E-state index in [-0.39, 0.29) is 72.6 Å². The van der Waals surface area contributed by atoms with Crippen LogP contribution in [-0.2, 0) is 72.6 Å². The van der Waals surface area contributed by atoms with E-state index in [4.69, 9.17) is 0 Å². The fraction of sp³-hybridized carbons (Fsp3) is 0. The second-order valence-corrected chi connectivity index (χ2v) is 21.7. The minimum atomic E-state index is -6.00. The van der Waals surface area contributed by atoms with Gasteiger partial charge in [0, 0.05) is 0 Å². The zero-order valence-electron chi connectivity index (χ0n) is 41.7. The predicted molar refractivity (Wildman–Crippen MR) is 301 cm³/mol. The predicted octanol–water partition coefficient (Wildman–Crippen LogP) is 14.6. The molecule has 0 amide bonds. The maximum Gasteiger partial charge on any atom is 1.00 e. The van der Waals surface area contributed by atoms with Crippen molar-refractivity contribution in [3.8, 4) is 0 Å². The first-order valence-corrected chi connectivity index (χ1v) is 26.7. The van der Waals surface area contributed by atoms with Crippen LogP contribution < -0.4 is 47.7 Å². The van der Waals surface area contributed by atoms with E-state index in [9.17, 15) is 69.1 Å². The third-order valence-corrected chi connectivity index (χ3v) is 16.5. The van der Waals surface area contributed by atoms with E-state index in [0.717, 1.165) is 0 Å². The second kappa shape index (κ2) is 41.6. The Hall–Kier alpha value is -4.41. The molecule has 9 rings (SSSR count). The summed E-state index contributed by atoms with van der Waals surface area (Å²) in [5.41, 5.74) is 0. The smallest absolute Gasteiger partial charge is 0.457 e. The van der Waals surface area contributed by atoms with Crippen LogP contribution in [0.1, 0.15) is 0 Å². The molecule has 27 heteroatoms. The van der Waals surface area contributed by atoms with Gasteiger partial charge in [-0.15, -0.1) is 0 Å². The van der Waals surface area contributed by atoms with Crippen molar-refractivity contribution in [3.05, 3.63) is 273 Å². The topological polar surface area (TPSA) is 33.0 Å². The maximum absolute atomic E-state index is 9.75. The Bertz CT molecular complexity index is 2280. The molecule has 0 saturated carbocycles. The molecular weight excluding hydrogens is 1700 g/mol. The standard InChI is InChI=1S/3C18H15P.3Au.4BF4.H2O/c3*1-4-10-16(11-5-1)19(17-12-6-2-7-13-17)18-14-8-3-9-15-18;;;;4*2-1(3,4)5;/h3*1-15H;;;;;;;;1H2/q;;;3*+1;4*-1;/p+1. The van der Waals surface area contributed by atoms with Crippen LogP contribution in [0.15, 0.2) is 273 Å². The van der Waals surface area contributed by atoms with Gasteiger partial charge in [0.15, 0.2) is 0 Å². The monoisotopic (exact) mass is 1740 g/mol. The van der Waals surface area contributed by atoms with Crippen LogP contribution >= 0.6 is 23.8 Å². The molecule has 0 aliphatic carbocycles. The summed E-state index contributed by atoms with van der Waals surface area (Å²) in [6, 6.07) is 97.0. The van der Waals surface area contributed by atoms with Gasteiger partial charge in [-0.3, -0.25) is 0 Å². The van der Waals surface area contributed by atoms with Gasteiger partial charge in [-0.1, -0.05) is 273 Å². The summed E-state index contributed by atoms with van der Waals surface area (Å²) in [6.45, 7) is 0. The van der Waals surface area contributed by atoms with E-state index in [2.05, 4.69) is 273 Å². The van der Waals surface area contributed by atoms with Gasteiger partial charge in [0.05, 0.1) is 0 Å². The number of hydrogen-bond acceptors (Lipinski definition) is 0. The van der Waals surface area contributed by atoms with E-state index < -0.39 is 52.8 Å². The van der Waals surface area contributed by atoms with Crippen LogP contribution in [0.2, 0.25) is 0 Å².